The van der Waals surface area contributed by atoms with Crippen molar-refractivity contribution in [3.63, 3.8) is 0 Å². The normalized spacial score (nSPS) is 10.3. The first kappa shape index (κ1) is 16.8. The Morgan fingerprint density at radius 3 is 2.12 bits per heavy atom. The monoisotopic (exact) mass is 331 g/mol. The Labute approximate surface area is 148 Å². The number of ether oxygens (including phenoxy) is 1. The molecule has 0 saturated carbocycles. The van der Waals surface area contributed by atoms with Gasteiger partial charge in [-0.15, -0.1) is 0 Å². The number of rotatable bonds is 7. The van der Waals surface area contributed by atoms with Crippen LogP contribution in [0.2, 0.25) is 0 Å². The Bertz CT molecular complexity index is 809. The lowest BCUT2D eigenvalue weighted by Crippen LogP contribution is -2.13. The Kier molecular flexibility index (Phi) is 5.47. The van der Waals surface area contributed by atoms with Crippen molar-refractivity contribution in [1.82, 2.24) is 0 Å². The summed E-state index contributed by atoms with van der Waals surface area (Å²) in [5.41, 5.74) is 3.86. The van der Waals surface area contributed by atoms with Crippen molar-refractivity contribution in [2.75, 3.05) is 18.5 Å². The predicted molar refractivity (Wildman–Crippen MR) is 102 cm³/mol. The second-order valence-corrected chi connectivity index (χ2v) is 5.68. The third kappa shape index (κ3) is 4.48. The number of anilines is 1. The van der Waals surface area contributed by atoms with E-state index < -0.39 is 0 Å². The van der Waals surface area contributed by atoms with Gasteiger partial charge in [0.05, 0.1) is 13.2 Å². The molecule has 0 bridgehead atoms. The lowest BCUT2D eigenvalue weighted by atomic mass is 10.0. The number of carbonyl (C=O) groups is 1. The van der Waals surface area contributed by atoms with Crippen molar-refractivity contribution in [3.05, 3.63) is 84.4 Å². The lowest BCUT2D eigenvalue weighted by molar-refractivity contribution is 0.101. The van der Waals surface area contributed by atoms with Gasteiger partial charge in [0.25, 0.3) is 0 Å². The number of hydrogen-bond acceptors (Lipinski definition) is 3. The summed E-state index contributed by atoms with van der Waals surface area (Å²) in [6, 6.07) is 25.5. The van der Waals surface area contributed by atoms with Crippen LogP contribution in [0.4, 0.5) is 5.69 Å². The molecule has 126 valence electrons. The summed E-state index contributed by atoms with van der Waals surface area (Å²) < 4.78 is 5.41. The number of ketones is 1. The first-order chi connectivity index (χ1) is 12.3. The van der Waals surface area contributed by atoms with E-state index in [2.05, 4.69) is 17.4 Å². The van der Waals surface area contributed by atoms with Crippen LogP contribution in [-0.2, 0) is 0 Å². The third-order valence-electron chi connectivity index (χ3n) is 3.93. The van der Waals surface area contributed by atoms with Gasteiger partial charge in [-0.3, -0.25) is 4.79 Å². The fourth-order valence-corrected chi connectivity index (χ4v) is 2.60. The molecular weight excluding hydrogens is 310 g/mol. The van der Waals surface area contributed by atoms with Crippen LogP contribution in [0.15, 0.2) is 78.9 Å². The van der Waals surface area contributed by atoms with E-state index in [9.17, 15) is 4.79 Å². The Hall–Kier alpha value is -3.07. The largest absolute Gasteiger partial charge is 0.494 e. The molecule has 0 heterocycles. The quantitative estimate of drug-likeness (QED) is 0.616. The third-order valence-corrected chi connectivity index (χ3v) is 3.93. The molecular formula is C22H21NO2. The molecule has 0 aliphatic heterocycles. The smallest absolute Gasteiger partial charge is 0.181 e. The maximum atomic E-state index is 12.3. The zero-order valence-electron chi connectivity index (χ0n) is 14.2. The topological polar surface area (TPSA) is 38.3 Å². The van der Waals surface area contributed by atoms with E-state index in [0.717, 1.165) is 22.6 Å². The van der Waals surface area contributed by atoms with Crippen molar-refractivity contribution < 1.29 is 9.53 Å². The molecule has 0 saturated heterocycles. The maximum absolute atomic E-state index is 12.3. The fourth-order valence-electron chi connectivity index (χ4n) is 2.60. The summed E-state index contributed by atoms with van der Waals surface area (Å²) in [5.74, 6) is 0.893. The average molecular weight is 331 g/mol. The summed E-state index contributed by atoms with van der Waals surface area (Å²) in [4.78, 5) is 12.3. The minimum Gasteiger partial charge on any atom is -0.494 e. The standard InChI is InChI=1S/C22H21NO2/c1-2-25-21-14-12-20(13-15-21)23-16-22(24)19-10-8-18(9-11-19)17-6-4-3-5-7-17/h3-15,23H,2,16H2,1H3. The highest BCUT2D eigenvalue weighted by atomic mass is 16.5. The van der Waals surface area contributed by atoms with E-state index in [1.807, 2.05) is 73.7 Å². The average Bonchev–Trinajstić information content (AvgIpc) is 2.68. The van der Waals surface area contributed by atoms with Crippen LogP contribution in [0, 0.1) is 0 Å². The first-order valence-electron chi connectivity index (χ1n) is 8.41. The molecule has 0 aliphatic carbocycles. The van der Waals surface area contributed by atoms with Gasteiger partial charge in [0.2, 0.25) is 0 Å². The molecule has 0 radical (unpaired) electrons. The van der Waals surface area contributed by atoms with Crippen molar-refractivity contribution >= 4 is 11.5 Å². The van der Waals surface area contributed by atoms with E-state index >= 15 is 0 Å². The van der Waals surface area contributed by atoms with Crippen LogP contribution in [0.1, 0.15) is 17.3 Å². The number of benzene rings is 3. The molecule has 0 amide bonds. The van der Waals surface area contributed by atoms with Gasteiger partial charge in [-0.25, -0.2) is 0 Å². The Balaban J connectivity index is 1.59. The van der Waals surface area contributed by atoms with E-state index in [4.69, 9.17) is 4.74 Å². The van der Waals surface area contributed by atoms with Crippen molar-refractivity contribution in [3.8, 4) is 16.9 Å². The summed E-state index contributed by atoms with van der Waals surface area (Å²) in [6.07, 6.45) is 0. The highest BCUT2D eigenvalue weighted by Crippen LogP contribution is 2.20. The highest BCUT2D eigenvalue weighted by molar-refractivity contribution is 5.99. The van der Waals surface area contributed by atoms with Gasteiger partial charge in [0.1, 0.15) is 5.75 Å². The summed E-state index contributed by atoms with van der Waals surface area (Å²) in [6.45, 7) is 2.86. The molecule has 0 spiro atoms. The molecule has 3 rings (SSSR count). The van der Waals surface area contributed by atoms with Crippen LogP contribution in [0.5, 0.6) is 5.75 Å². The number of Topliss-reactive ketones (excluding diaryl/α,β-unsaturated/α-hetero) is 1. The van der Waals surface area contributed by atoms with Crippen molar-refractivity contribution in [1.29, 1.82) is 0 Å². The summed E-state index contributed by atoms with van der Waals surface area (Å²) in [5, 5.41) is 3.15. The van der Waals surface area contributed by atoms with Gasteiger partial charge in [-0.2, -0.15) is 0 Å². The van der Waals surface area contributed by atoms with Gasteiger partial charge in [-0.1, -0.05) is 54.6 Å². The van der Waals surface area contributed by atoms with Crippen LogP contribution >= 0.6 is 0 Å². The van der Waals surface area contributed by atoms with Crippen molar-refractivity contribution in [2.24, 2.45) is 0 Å². The molecule has 3 aromatic carbocycles. The molecule has 25 heavy (non-hydrogen) atoms. The van der Waals surface area contributed by atoms with Gasteiger partial charge in [0, 0.05) is 11.3 Å². The SMILES string of the molecule is CCOc1ccc(NCC(=O)c2ccc(-c3ccccc3)cc2)cc1. The van der Waals surface area contributed by atoms with Gasteiger partial charge >= 0.3 is 0 Å². The summed E-state index contributed by atoms with van der Waals surface area (Å²) >= 11 is 0. The van der Waals surface area contributed by atoms with Crippen LogP contribution < -0.4 is 10.1 Å². The zero-order valence-corrected chi connectivity index (χ0v) is 14.2. The molecule has 0 unspecified atom stereocenters. The van der Waals surface area contributed by atoms with Crippen molar-refractivity contribution in [2.45, 2.75) is 6.92 Å². The van der Waals surface area contributed by atoms with E-state index in [1.165, 1.54) is 0 Å². The lowest BCUT2D eigenvalue weighted by Gasteiger charge is -2.08. The number of nitrogens with one attached hydrogen (secondary N) is 1. The van der Waals surface area contributed by atoms with E-state index in [-0.39, 0.29) is 12.3 Å². The van der Waals surface area contributed by atoms with Crippen LogP contribution in [-0.4, -0.2) is 18.9 Å². The second-order valence-electron chi connectivity index (χ2n) is 5.68. The molecule has 1 N–H and O–H groups in total. The van der Waals surface area contributed by atoms with Crippen LogP contribution in [0.3, 0.4) is 0 Å². The molecule has 0 fully saturated rings. The minimum atomic E-state index is 0.0634. The molecule has 0 aliphatic rings. The predicted octanol–water partition coefficient (Wildman–Crippen LogP) is 5.05. The molecule has 0 atom stereocenters. The summed E-state index contributed by atoms with van der Waals surface area (Å²) in [7, 11) is 0. The Morgan fingerprint density at radius 1 is 0.840 bits per heavy atom. The molecule has 3 aromatic rings. The Morgan fingerprint density at radius 2 is 1.48 bits per heavy atom. The van der Waals surface area contributed by atoms with Crippen LogP contribution in [0.25, 0.3) is 11.1 Å². The number of hydrogen-bond donors (Lipinski definition) is 1. The van der Waals surface area contributed by atoms with Gasteiger partial charge in [0.15, 0.2) is 5.78 Å². The molecule has 3 nitrogen and oxygen atoms in total. The first-order valence-corrected chi connectivity index (χ1v) is 8.41. The van der Waals surface area contributed by atoms with E-state index in [0.29, 0.717) is 12.2 Å². The van der Waals surface area contributed by atoms with Gasteiger partial charge < -0.3 is 10.1 Å². The van der Waals surface area contributed by atoms with Gasteiger partial charge in [-0.05, 0) is 42.3 Å². The highest BCUT2D eigenvalue weighted by Gasteiger charge is 2.06. The number of carbonyl (C=O) groups excluding carboxylic acids is 1. The fraction of sp³-hybridized carbons (Fsp3) is 0.136. The molecule has 3 heteroatoms. The van der Waals surface area contributed by atoms with E-state index in [1.54, 1.807) is 0 Å². The molecule has 0 aromatic heterocycles. The second kappa shape index (κ2) is 8.15. The zero-order chi connectivity index (χ0) is 17.5. The maximum Gasteiger partial charge on any atom is 0.181 e. The minimum absolute atomic E-state index is 0.0634.